The first-order valence-corrected chi connectivity index (χ1v) is 15.6. The van der Waals surface area contributed by atoms with Gasteiger partial charge in [-0.3, -0.25) is 0 Å². The highest BCUT2D eigenvalue weighted by atomic mass is 32.1. The lowest BCUT2D eigenvalue weighted by molar-refractivity contribution is 1.48. The summed E-state index contributed by atoms with van der Waals surface area (Å²) in [5, 5.41) is 33.5. The highest BCUT2D eigenvalue weighted by molar-refractivity contribution is 7.26. The fourth-order valence-corrected chi connectivity index (χ4v) is 8.34. The molecule has 0 aliphatic rings. The highest BCUT2D eigenvalue weighted by Crippen LogP contribution is 2.43. The van der Waals surface area contributed by atoms with Gasteiger partial charge in [0.1, 0.15) is 0 Å². The van der Waals surface area contributed by atoms with E-state index >= 15 is 0 Å². The molecule has 0 amide bonds. The van der Waals surface area contributed by atoms with Crippen LogP contribution in [0, 0.1) is 34.0 Å². The average Bonchev–Trinajstić information content (AvgIpc) is 3.64. The summed E-state index contributed by atoms with van der Waals surface area (Å²) in [7, 11) is 0. The van der Waals surface area contributed by atoms with Crippen LogP contribution < -0.4 is 0 Å². The third-order valence-corrected chi connectivity index (χ3v) is 10.4. The Bertz CT molecular complexity index is 2600. The van der Waals surface area contributed by atoms with Crippen molar-refractivity contribution in [2.24, 2.45) is 0 Å². The summed E-state index contributed by atoms with van der Waals surface area (Å²) in [5.41, 5.74) is 8.06. The minimum Gasteiger partial charge on any atom is -0.192 e. The molecular formula is C39H19N3S2. The third-order valence-electron chi connectivity index (χ3n) is 8.16. The zero-order chi connectivity index (χ0) is 29.8. The minimum atomic E-state index is 0.627. The van der Waals surface area contributed by atoms with E-state index in [9.17, 15) is 15.8 Å². The normalized spacial score (nSPS) is 11.1. The molecular weight excluding hydrogens is 575 g/mol. The maximum absolute atomic E-state index is 9.96. The minimum absolute atomic E-state index is 0.627. The molecule has 0 N–H and O–H groups in total. The highest BCUT2D eigenvalue weighted by Gasteiger charge is 2.16. The molecule has 5 heteroatoms. The zero-order valence-electron chi connectivity index (χ0n) is 23.1. The van der Waals surface area contributed by atoms with Crippen LogP contribution in [0.2, 0.25) is 0 Å². The van der Waals surface area contributed by atoms with Crippen LogP contribution in [0.5, 0.6) is 0 Å². The monoisotopic (exact) mass is 593 g/mol. The molecule has 0 aliphatic heterocycles. The summed E-state index contributed by atoms with van der Waals surface area (Å²) < 4.78 is 4.63. The number of hydrogen-bond acceptors (Lipinski definition) is 5. The van der Waals surface area contributed by atoms with Crippen LogP contribution in [0.25, 0.3) is 73.7 Å². The number of nitriles is 3. The van der Waals surface area contributed by atoms with Gasteiger partial charge in [-0.25, -0.2) is 0 Å². The largest absolute Gasteiger partial charge is 0.192 e. The van der Waals surface area contributed by atoms with Crippen LogP contribution in [0.3, 0.4) is 0 Å². The number of thiophene rings is 2. The van der Waals surface area contributed by atoms with Gasteiger partial charge in [0, 0.05) is 40.3 Å². The molecule has 0 bridgehead atoms. The molecule has 0 aliphatic carbocycles. The summed E-state index contributed by atoms with van der Waals surface area (Å²) in [6.45, 7) is 0. The molecule has 202 valence electrons. The molecule has 44 heavy (non-hydrogen) atoms. The second-order valence-corrected chi connectivity index (χ2v) is 12.9. The van der Waals surface area contributed by atoms with E-state index in [4.69, 9.17) is 0 Å². The van der Waals surface area contributed by atoms with Crippen molar-refractivity contribution >= 4 is 63.0 Å². The lowest BCUT2D eigenvalue weighted by Gasteiger charge is -2.13. The van der Waals surface area contributed by atoms with Gasteiger partial charge in [0.2, 0.25) is 0 Å². The quantitative estimate of drug-likeness (QED) is 0.205. The SMILES string of the molecule is N#Cc1ccc2sc3cc(-c4cc(-c5ccccc5C#N)cc(-c5cccc6sc7ccc(C#N)cc7c56)c4)ccc3c2c1. The van der Waals surface area contributed by atoms with E-state index in [0.717, 1.165) is 69.0 Å². The molecule has 0 atom stereocenters. The maximum Gasteiger partial charge on any atom is 0.0998 e. The van der Waals surface area contributed by atoms with Gasteiger partial charge in [-0.2, -0.15) is 15.8 Å². The summed E-state index contributed by atoms with van der Waals surface area (Å²) >= 11 is 3.46. The number of fused-ring (bicyclic) bond motifs is 6. The predicted octanol–water partition coefficient (Wildman–Crippen LogP) is 11.0. The van der Waals surface area contributed by atoms with Crippen molar-refractivity contribution in [3.63, 3.8) is 0 Å². The molecule has 0 saturated carbocycles. The zero-order valence-corrected chi connectivity index (χ0v) is 24.8. The molecule has 2 aromatic heterocycles. The van der Waals surface area contributed by atoms with Crippen LogP contribution in [0.4, 0.5) is 0 Å². The van der Waals surface area contributed by atoms with E-state index in [2.05, 4.69) is 72.8 Å². The van der Waals surface area contributed by atoms with Crippen molar-refractivity contribution in [2.75, 3.05) is 0 Å². The molecule has 0 unspecified atom stereocenters. The van der Waals surface area contributed by atoms with Crippen LogP contribution in [-0.2, 0) is 0 Å². The average molecular weight is 594 g/mol. The first kappa shape index (κ1) is 25.9. The molecule has 8 rings (SSSR count). The molecule has 3 nitrogen and oxygen atoms in total. The molecule has 0 spiro atoms. The van der Waals surface area contributed by atoms with E-state index in [0.29, 0.717) is 16.7 Å². The number of rotatable bonds is 3. The Balaban J connectivity index is 1.39. The van der Waals surface area contributed by atoms with Crippen molar-refractivity contribution < 1.29 is 0 Å². The first-order chi connectivity index (χ1) is 21.6. The standard InChI is InChI=1S/C39H19N3S2/c40-20-23-8-12-35-33(14-23)32-11-10-25(19-38(32)44-35)27-16-28(30-5-2-1-4-26(30)22-42)18-29(17-27)31-6-3-7-37-39(31)34-15-24(21-41)9-13-36(34)43-37/h1-19H. The van der Waals surface area contributed by atoms with E-state index in [1.807, 2.05) is 60.7 Å². The lowest BCUT2D eigenvalue weighted by Crippen LogP contribution is -1.89. The van der Waals surface area contributed by atoms with Crippen molar-refractivity contribution in [1.29, 1.82) is 15.8 Å². The van der Waals surface area contributed by atoms with E-state index < -0.39 is 0 Å². The van der Waals surface area contributed by atoms with Crippen LogP contribution in [0.15, 0.2) is 115 Å². The van der Waals surface area contributed by atoms with Crippen molar-refractivity contribution in [2.45, 2.75) is 0 Å². The summed E-state index contributed by atoms with van der Waals surface area (Å²) in [6.07, 6.45) is 0. The Labute approximate surface area is 261 Å². The first-order valence-electron chi connectivity index (χ1n) is 14.0. The summed E-state index contributed by atoms with van der Waals surface area (Å²) in [6, 6.07) is 45.9. The third kappa shape index (κ3) is 4.14. The lowest BCUT2D eigenvalue weighted by atomic mass is 9.90. The van der Waals surface area contributed by atoms with Crippen LogP contribution in [0.1, 0.15) is 16.7 Å². The number of nitrogens with zero attached hydrogens (tertiary/aromatic N) is 3. The molecule has 8 aromatic rings. The van der Waals surface area contributed by atoms with E-state index in [-0.39, 0.29) is 0 Å². The van der Waals surface area contributed by atoms with Gasteiger partial charge in [-0.05, 0) is 106 Å². The Hall–Kier alpha value is -5.77. The van der Waals surface area contributed by atoms with Crippen molar-refractivity contribution in [3.8, 4) is 51.6 Å². The second-order valence-electron chi connectivity index (χ2n) is 10.7. The Morgan fingerprint density at radius 3 is 1.84 bits per heavy atom. The smallest absolute Gasteiger partial charge is 0.0998 e. The molecule has 2 heterocycles. The fourth-order valence-electron chi connectivity index (χ4n) is 6.10. The maximum atomic E-state index is 9.96. The van der Waals surface area contributed by atoms with Crippen molar-refractivity contribution in [3.05, 3.63) is 132 Å². The van der Waals surface area contributed by atoms with Crippen LogP contribution in [-0.4, -0.2) is 0 Å². The van der Waals surface area contributed by atoms with Gasteiger partial charge in [0.25, 0.3) is 0 Å². The molecule has 0 saturated heterocycles. The molecule has 0 fully saturated rings. The molecule has 0 radical (unpaired) electrons. The van der Waals surface area contributed by atoms with Gasteiger partial charge in [0.15, 0.2) is 0 Å². The van der Waals surface area contributed by atoms with E-state index in [1.165, 1.54) is 4.70 Å². The Kier molecular flexibility index (Phi) is 6.00. The number of hydrogen-bond donors (Lipinski definition) is 0. The van der Waals surface area contributed by atoms with Gasteiger partial charge in [-0.15, -0.1) is 22.7 Å². The topological polar surface area (TPSA) is 71.4 Å². The van der Waals surface area contributed by atoms with E-state index in [1.54, 1.807) is 22.7 Å². The van der Waals surface area contributed by atoms with Gasteiger partial charge in [-0.1, -0.05) is 42.5 Å². The van der Waals surface area contributed by atoms with Gasteiger partial charge < -0.3 is 0 Å². The van der Waals surface area contributed by atoms with Crippen LogP contribution >= 0.6 is 22.7 Å². The van der Waals surface area contributed by atoms with Gasteiger partial charge in [0.05, 0.1) is 34.9 Å². The Morgan fingerprint density at radius 2 is 1.07 bits per heavy atom. The number of benzene rings is 6. The fraction of sp³-hybridized carbons (Fsp3) is 0. The summed E-state index contributed by atoms with van der Waals surface area (Å²) in [5.74, 6) is 0. The molecule has 6 aromatic carbocycles. The Morgan fingerprint density at radius 1 is 0.409 bits per heavy atom. The predicted molar refractivity (Wildman–Crippen MR) is 183 cm³/mol. The second kappa shape index (κ2) is 10.2. The van der Waals surface area contributed by atoms with Gasteiger partial charge >= 0.3 is 0 Å². The van der Waals surface area contributed by atoms with Crippen molar-refractivity contribution in [1.82, 2.24) is 0 Å². The summed E-state index contributed by atoms with van der Waals surface area (Å²) in [4.78, 5) is 0.